The Balaban J connectivity index is 2.26. The molecule has 0 unspecified atom stereocenters. The molecule has 0 spiro atoms. The number of halogens is 2. The van der Waals surface area contributed by atoms with Crippen LogP contribution in [0.4, 0.5) is 0 Å². The smallest absolute Gasteiger partial charge is 0.244 e. The van der Waals surface area contributed by atoms with E-state index in [4.69, 9.17) is 27.9 Å². The van der Waals surface area contributed by atoms with Crippen molar-refractivity contribution in [3.8, 4) is 5.75 Å². The Hall–Kier alpha value is -1.35. The fourth-order valence-electron chi connectivity index (χ4n) is 2.00. The predicted molar refractivity (Wildman–Crippen MR) is 87.4 cm³/mol. The van der Waals surface area contributed by atoms with Gasteiger partial charge in [-0.15, -0.1) is 10.2 Å². The van der Waals surface area contributed by atoms with Gasteiger partial charge in [0.2, 0.25) is 10.0 Å². The van der Waals surface area contributed by atoms with Gasteiger partial charge in [-0.2, -0.15) is 0 Å². The van der Waals surface area contributed by atoms with Crippen LogP contribution in [0.5, 0.6) is 5.75 Å². The van der Waals surface area contributed by atoms with Crippen LogP contribution in [0.2, 0.25) is 10.0 Å². The quantitative estimate of drug-likeness (QED) is 0.799. The first-order valence-corrected chi connectivity index (χ1v) is 9.03. The molecule has 7 nitrogen and oxygen atoms in total. The molecule has 0 aliphatic heterocycles. The van der Waals surface area contributed by atoms with E-state index in [9.17, 15) is 8.42 Å². The van der Waals surface area contributed by atoms with Crippen LogP contribution in [0.25, 0.3) is 0 Å². The molecule has 0 aliphatic rings. The van der Waals surface area contributed by atoms with Gasteiger partial charge in [0.1, 0.15) is 22.1 Å². The van der Waals surface area contributed by atoms with Crippen molar-refractivity contribution in [2.24, 2.45) is 0 Å². The minimum Gasteiger partial charge on any atom is -0.494 e. The number of aryl methyl sites for hydroxylation is 1. The molecule has 0 atom stereocenters. The molecule has 1 aromatic heterocycles. The van der Waals surface area contributed by atoms with E-state index in [0.717, 1.165) is 6.42 Å². The first-order valence-electron chi connectivity index (χ1n) is 6.79. The highest BCUT2D eigenvalue weighted by molar-refractivity contribution is 7.89. The molecule has 0 saturated carbocycles. The lowest BCUT2D eigenvalue weighted by molar-refractivity contribution is 0.402. The van der Waals surface area contributed by atoms with E-state index in [-0.39, 0.29) is 27.2 Å². The summed E-state index contributed by atoms with van der Waals surface area (Å²) in [6, 6.07) is 2.74. The third-order valence-corrected chi connectivity index (χ3v) is 5.30. The normalized spacial score (nSPS) is 11.7. The second-order valence-electron chi connectivity index (χ2n) is 4.66. The number of rotatable bonds is 7. The van der Waals surface area contributed by atoms with Crippen LogP contribution < -0.4 is 9.46 Å². The lowest BCUT2D eigenvalue weighted by Gasteiger charge is -2.13. The largest absolute Gasteiger partial charge is 0.494 e. The van der Waals surface area contributed by atoms with Gasteiger partial charge in [-0.05, 0) is 18.6 Å². The number of ether oxygens (including phenoxy) is 1. The molecule has 2 aromatic rings. The zero-order valence-electron chi connectivity index (χ0n) is 12.6. The van der Waals surface area contributed by atoms with Crippen molar-refractivity contribution in [2.75, 3.05) is 7.11 Å². The van der Waals surface area contributed by atoms with Crippen molar-refractivity contribution in [1.82, 2.24) is 19.5 Å². The lowest BCUT2D eigenvalue weighted by Crippen LogP contribution is -2.25. The summed E-state index contributed by atoms with van der Waals surface area (Å²) in [6.45, 7) is 2.72. The van der Waals surface area contributed by atoms with Crippen molar-refractivity contribution in [1.29, 1.82) is 0 Å². The van der Waals surface area contributed by atoms with Gasteiger partial charge in [0.25, 0.3) is 0 Å². The van der Waals surface area contributed by atoms with Gasteiger partial charge in [-0.1, -0.05) is 30.1 Å². The molecule has 0 amide bonds. The van der Waals surface area contributed by atoms with Gasteiger partial charge in [-0.25, -0.2) is 13.1 Å². The first kappa shape index (κ1) is 18.0. The van der Waals surface area contributed by atoms with E-state index in [2.05, 4.69) is 14.9 Å². The minimum absolute atomic E-state index is 0.00157. The van der Waals surface area contributed by atoms with Crippen LogP contribution in [0.3, 0.4) is 0 Å². The van der Waals surface area contributed by atoms with Crippen LogP contribution in [0.15, 0.2) is 23.4 Å². The Morgan fingerprint density at radius 3 is 2.74 bits per heavy atom. The monoisotopic (exact) mass is 378 g/mol. The SMILES string of the molecule is CCCn1cnnc1CNS(=O)(=O)c1ccc(Cl)c(Cl)c1OC. The number of sulfonamides is 1. The highest BCUT2D eigenvalue weighted by Gasteiger charge is 2.23. The average Bonchev–Trinajstić information content (AvgIpc) is 2.95. The van der Waals surface area contributed by atoms with Crippen molar-refractivity contribution >= 4 is 33.2 Å². The van der Waals surface area contributed by atoms with Crippen molar-refractivity contribution < 1.29 is 13.2 Å². The molecular weight excluding hydrogens is 363 g/mol. The molecule has 1 heterocycles. The summed E-state index contributed by atoms with van der Waals surface area (Å²) in [5, 5.41) is 7.96. The van der Waals surface area contributed by atoms with Crippen LogP contribution in [0.1, 0.15) is 19.2 Å². The molecule has 23 heavy (non-hydrogen) atoms. The number of aromatic nitrogens is 3. The van der Waals surface area contributed by atoms with Gasteiger partial charge in [0, 0.05) is 6.54 Å². The van der Waals surface area contributed by atoms with Gasteiger partial charge in [0.15, 0.2) is 5.75 Å². The summed E-state index contributed by atoms with van der Waals surface area (Å²) in [7, 11) is -2.52. The Morgan fingerprint density at radius 1 is 1.35 bits per heavy atom. The van der Waals surface area contributed by atoms with Crippen LogP contribution in [-0.4, -0.2) is 30.3 Å². The average molecular weight is 379 g/mol. The predicted octanol–water partition coefficient (Wildman–Crippen LogP) is 2.48. The molecule has 126 valence electrons. The van der Waals surface area contributed by atoms with Crippen LogP contribution in [0, 0.1) is 0 Å². The molecule has 0 radical (unpaired) electrons. The third-order valence-electron chi connectivity index (χ3n) is 3.09. The first-order chi connectivity index (χ1) is 10.9. The summed E-state index contributed by atoms with van der Waals surface area (Å²) in [4.78, 5) is -0.0871. The fourth-order valence-corrected chi connectivity index (χ4v) is 3.60. The maximum Gasteiger partial charge on any atom is 0.244 e. The Bertz CT molecular complexity index is 793. The van der Waals surface area contributed by atoms with Crippen molar-refractivity contribution in [3.63, 3.8) is 0 Å². The number of methoxy groups -OCH3 is 1. The Kier molecular flexibility index (Phi) is 5.85. The van der Waals surface area contributed by atoms with Gasteiger partial charge in [-0.3, -0.25) is 0 Å². The molecule has 0 saturated heterocycles. The summed E-state index contributed by atoms with van der Waals surface area (Å²) >= 11 is 11.9. The minimum atomic E-state index is -3.85. The van der Waals surface area contributed by atoms with Crippen LogP contribution in [-0.2, 0) is 23.1 Å². The van der Waals surface area contributed by atoms with Crippen molar-refractivity contribution in [3.05, 3.63) is 34.3 Å². The Morgan fingerprint density at radius 2 is 2.09 bits per heavy atom. The number of nitrogens with zero attached hydrogens (tertiary/aromatic N) is 3. The molecular formula is C13H16Cl2N4O3S. The summed E-state index contributed by atoms with van der Waals surface area (Å²) in [5.41, 5.74) is 0. The summed E-state index contributed by atoms with van der Waals surface area (Å²) in [6.07, 6.45) is 2.45. The third kappa shape index (κ3) is 3.95. The Labute approximate surface area is 144 Å². The van der Waals surface area contributed by atoms with Gasteiger partial charge >= 0.3 is 0 Å². The molecule has 1 aromatic carbocycles. The van der Waals surface area contributed by atoms with Crippen LogP contribution >= 0.6 is 23.2 Å². The molecule has 10 heteroatoms. The second kappa shape index (κ2) is 7.48. The lowest BCUT2D eigenvalue weighted by atomic mass is 10.3. The van der Waals surface area contributed by atoms with Crippen molar-refractivity contribution in [2.45, 2.75) is 31.3 Å². The number of hydrogen-bond acceptors (Lipinski definition) is 5. The van der Waals surface area contributed by atoms with E-state index in [1.165, 1.54) is 19.2 Å². The molecule has 0 bridgehead atoms. The number of hydrogen-bond donors (Lipinski definition) is 1. The van der Waals surface area contributed by atoms with E-state index in [1.54, 1.807) is 10.9 Å². The number of nitrogens with one attached hydrogen (secondary N) is 1. The van der Waals surface area contributed by atoms with E-state index in [0.29, 0.717) is 12.4 Å². The number of benzene rings is 1. The highest BCUT2D eigenvalue weighted by atomic mass is 35.5. The maximum atomic E-state index is 12.5. The fraction of sp³-hybridized carbons (Fsp3) is 0.385. The standard InChI is InChI=1S/C13H16Cl2N4O3S/c1-3-6-19-8-16-18-11(19)7-17-23(20,21)10-5-4-9(14)12(15)13(10)22-2/h4-5,8,17H,3,6-7H2,1-2H3. The molecule has 0 aliphatic carbocycles. The second-order valence-corrected chi connectivity index (χ2v) is 7.18. The van der Waals surface area contributed by atoms with Gasteiger partial charge < -0.3 is 9.30 Å². The summed E-state index contributed by atoms with van der Waals surface area (Å²) in [5.74, 6) is 0.524. The maximum absolute atomic E-state index is 12.5. The molecule has 0 fully saturated rings. The molecule has 2 rings (SSSR count). The topological polar surface area (TPSA) is 86.1 Å². The zero-order valence-corrected chi connectivity index (χ0v) is 14.9. The zero-order chi connectivity index (χ0) is 17.0. The highest BCUT2D eigenvalue weighted by Crippen LogP contribution is 2.37. The summed E-state index contributed by atoms with van der Waals surface area (Å²) < 4.78 is 34.3. The van der Waals surface area contributed by atoms with Gasteiger partial charge in [0.05, 0.1) is 18.7 Å². The van der Waals surface area contributed by atoms with E-state index < -0.39 is 10.0 Å². The molecule has 1 N–H and O–H groups in total. The van der Waals surface area contributed by atoms with E-state index in [1.807, 2.05) is 6.92 Å². The van der Waals surface area contributed by atoms with E-state index >= 15 is 0 Å².